The van der Waals surface area contributed by atoms with Gasteiger partial charge in [0.15, 0.2) is 0 Å². The quantitative estimate of drug-likeness (QED) is 0.0901. The molecule has 0 aliphatic heterocycles. The third-order valence-corrected chi connectivity index (χ3v) is 9.70. The Balaban J connectivity index is 2.47. The Morgan fingerprint density at radius 1 is 0.632 bits per heavy atom. The number of rotatable bonds is 23. The number of benzene rings is 2. The molecule has 0 aliphatic carbocycles. The molecule has 0 saturated heterocycles. The molecule has 8 N–H and O–H groups in total. The Morgan fingerprint density at radius 2 is 1.16 bits per heavy atom. The minimum atomic E-state index is -1.17. The van der Waals surface area contributed by atoms with Crippen LogP contribution in [-0.2, 0) is 46.4 Å². The van der Waals surface area contributed by atoms with Gasteiger partial charge in [-0.05, 0) is 62.1 Å². The van der Waals surface area contributed by atoms with Crippen molar-refractivity contribution in [3.8, 4) is 0 Å². The van der Waals surface area contributed by atoms with E-state index in [1.807, 2.05) is 62.4 Å². The summed E-state index contributed by atoms with van der Waals surface area (Å²) < 4.78 is 0. The normalized spacial score (nSPS) is 14.3. The summed E-state index contributed by atoms with van der Waals surface area (Å²) in [5.41, 5.74) is 12.6. The van der Waals surface area contributed by atoms with Gasteiger partial charge in [0, 0.05) is 33.9 Å². The Morgan fingerprint density at radius 3 is 1.65 bits per heavy atom. The largest absolute Gasteiger partial charge is 0.368 e. The number of nitrogens with two attached hydrogens (primary N) is 2. The molecule has 15 heteroatoms. The Hall–Kier alpha value is -5.31. The number of carbonyl (C=O) groups is 7. The second-order valence-electron chi connectivity index (χ2n) is 15.4. The topological polar surface area (TPSA) is 226 Å². The summed E-state index contributed by atoms with van der Waals surface area (Å²) in [6, 6.07) is 11.9. The average molecular weight is 793 g/mol. The van der Waals surface area contributed by atoms with Crippen molar-refractivity contribution in [2.24, 2.45) is 23.3 Å². The van der Waals surface area contributed by atoms with Crippen molar-refractivity contribution in [1.29, 1.82) is 0 Å². The number of primary amides is 1. The summed E-state index contributed by atoms with van der Waals surface area (Å²) in [5.74, 6) is -4.40. The first-order chi connectivity index (χ1) is 26.9. The van der Waals surface area contributed by atoms with Crippen molar-refractivity contribution in [1.82, 2.24) is 31.1 Å². The Labute approximate surface area is 337 Å². The van der Waals surface area contributed by atoms with Gasteiger partial charge in [-0.1, -0.05) is 88.4 Å². The van der Waals surface area contributed by atoms with Crippen LogP contribution >= 0.6 is 0 Å². The molecule has 57 heavy (non-hydrogen) atoms. The molecule has 314 valence electrons. The highest BCUT2D eigenvalue weighted by molar-refractivity contribution is 5.97. The number of nitrogens with zero attached hydrogens (tertiary/aromatic N) is 2. The molecule has 2 aromatic rings. The molecular weight excluding hydrogens is 729 g/mol. The van der Waals surface area contributed by atoms with Crippen LogP contribution in [0.15, 0.2) is 60.7 Å². The second kappa shape index (κ2) is 23.7. The van der Waals surface area contributed by atoms with Gasteiger partial charge in [0.1, 0.15) is 36.3 Å². The Kier molecular flexibility index (Phi) is 19.9. The molecule has 2 aromatic carbocycles. The molecule has 6 atom stereocenters. The molecule has 0 saturated carbocycles. The van der Waals surface area contributed by atoms with Gasteiger partial charge < -0.3 is 42.5 Å². The zero-order valence-electron chi connectivity index (χ0n) is 34.7. The van der Waals surface area contributed by atoms with E-state index in [9.17, 15) is 33.6 Å². The monoisotopic (exact) mass is 792 g/mol. The lowest BCUT2D eigenvalue weighted by molar-refractivity contribution is -0.146. The summed E-state index contributed by atoms with van der Waals surface area (Å²) >= 11 is 0. The van der Waals surface area contributed by atoms with Gasteiger partial charge in [0.25, 0.3) is 0 Å². The molecule has 7 amide bonds. The number of nitrogens with one attached hydrogen (secondary N) is 4. The van der Waals surface area contributed by atoms with Crippen LogP contribution in [-0.4, -0.2) is 108 Å². The Bertz CT molecular complexity index is 1640. The van der Waals surface area contributed by atoms with Crippen LogP contribution in [0, 0.1) is 11.8 Å². The van der Waals surface area contributed by atoms with Gasteiger partial charge in [-0.15, -0.1) is 0 Å². The summed E-state index contributed by atoms with van der Waals surface area (Å²) in [6.45, 7) is 10.6. The van der Waals surface area contributed by atoms with Crippen molar-refractivity contribution >= 4 is 41.4 Å². The number of likely N-dealkylation sites (N-methyl/N-ethyl adjacent to an activating group) is 2. The molecule has 0 heterocycles. The SMILES string of the molecule is CC(=O)N[C@@H](CCCCN)C(=O)N[C@@H](CC(C)C)C(=O)N(C)[C@H](C(=O)N[C@@H](Cc1ccccc1)C(=O)N(C)[C@@H](Cc1ccccc1)C(=O)N[C@@H](C)C(N)=O)C(C)C. The zero-order chi connectivity index (χ0) is 42.8. The van der Waals surface area contributed by atoms with Crippen LogP contribution in [0.1, 0.15) is 78.4 Å². The highest BCUT2D eigenvalue weighted by Crippen LogP contribution is 2.18. The van der Waals surface area contributed by atoms with Crippen molar-refractivity contribution in [3.05, 3.63) is 71.8 Å². The molecule has 0 unspecified atom stereocenters. The predicted octanol–water partition coefficient (Wildman–Crippen LogP) is 1.42. The fourth-order valence-corrected chi connectivity index (χ4v) is 6.61. The minimum absolute atomic E-state index is 0.0224. The summed E-state index contributed by atoms with van der Waals surface area (Å²) in [5, 5.41) is 11.0. The van der Waals surface area contributed by atoms with Gasteiger partial charge in [0.05, 0.1) is 0 Å². The molecule has 0 aromatic heterocycles. The van der Waals surface area contributed by atoms with Crippen molar-refractivity contribution in [2.75, 3.05) is 20.6 Å². The van der Waals surface area contributed by atoms with Gasteiger partial charge in [0.2, 0.25) is 41.4 Å². The predicted molar refractivity (Wildman–Crippen MR) is 219 cm³/mol. The van der Waals surface area contributed by atoms with E-state index >= 15 is 0 Å². The minimum Gasteiger partial charge on any atom is -0.368 e. The molecule has 0 spiro atoms. The number of hydrogen-bond acceptors (Lipinski definition) is 8. The molecule has 2 rings (SSSR count). The zero-order valence-corrected chi connectivity index (χ0v) is 34.7. The maximum absolute atomic E-state index is 14.5. The lowest BCUT2D eigenvalue weighted by Gasteiger charge is -2.36. The van der Waals surface area contributed by atoms with E-state index in [1.54, 1.807) is 26.0 Å². The van der Waals surface area contributed by atoms with Crippen molar-refractivity contribution < 1.29 is 33.6 Å². The van der Waals surface area contributed by atoms with Crippen LogP contribution in [0.3, 0.4) is 0 Å². The summed E-state index contributed by atoms with van der Waals surface area (Å²) in [7, 11) is 2.95. The third kappa shape index (κ3) is 15.6. The molecule has 15 nitrogen and oxygen atoms in total. The maximum Gasteiger partial charge on any atom is 0.245 e. The first-order valence-corrected chi connectivity index (χ1v) is 19.7. The van der Waals surface area contributed by atoms with E-state index in [1.165, 1.54) is 37.7 Å². The molecule has 0 aliphatic rings. The maximum atomic E-state index is 14.5. The first kappa shape index (κ1) is 47.8. The van der Waals surface area contributed by atoms with Crippen LogP contribution in [0.4, 0.5) is 0 Å². The molecule has 0 bridgehead atoms. The number of hydrogen-bond donors (Lipinski definition) is 6. The molecular formula is C42H64N8O7. The lowest BCUT2D eigenvalue weighted by atomic mass is 9.96. The molecule has 0 fully saturated rings. The standard InChI is InChI=1S/C42H64N8O7/c1-26(2)23-33(47-38(53)32(46-29(6)51)21-15-16-22-43)42(57)50(8)36(27(3)4)40(55)48-34(24-30-17-11-9-12-18-30)41(56)49(7)35(25-31-19-13-10-14-20-31)39(54)45-28(5)37(44)52/h9-14,17-20,26-28,32-36H,15-16,21-25,43H2,1-8H3,(H2,44,52)(H,45,54)(H,46,51)(H,47,53)(H,48,55)/t28-,32-,33-,34-,35-,36-/m0/s1. The highest BCUT2D eigenvalue weighted by Gasteiger charge is 2.39. The first-order valence-electron chi connectivity index (χ1n) is 19.7. The number of amides is 7. The van der Waals surface area contributed by atoms with E-state index in [2.05, 4.69) is 21.3 Å². The number of carbonyl (C=O) groups excluding carboxylic acids is 7. The van der Waals surface area contributed by atoms with E-state index in [0.29, 0.717) is 25.8 Å². The van der Waals surface area contributed by atoms with E-state index < -0.39 is 77.6 Å². The van der Waals surface area contributed by atoms with Crippen LogP contribution < -0.4 is 32.7 Å². The fraction of sp³-hybridized carbons (Fsp3) is 0.548. The van der Waals surface area contributed by atoms with Crippen molar-refractivity contribution in [2.45, 2.75) is 116 Å². The van der Waals surface area contributed by atoms with Crippen molar-refractivity contribution in [3.63, 3.8) is 0 Å². The van der Waals surface area contributed by atoms with E-state index in [4.69, 9.17) is 11.5 Å². The number of unbranched alkanes of at least 4 members (excludes halogenated alkanes) is 1. The van der Waals surface area contributed by atoms with Crippen LogP contribution in [0.25, 0.3) is 0 Å². The van der Waals surface area contributed by atoms with Gasteiger partial charge >= 0.3 is 0 Å². The summed E-state index contributed by atoms with van der Waals surface area (Å²) in [4.78, 5) is 96.6. The third-order valence-electron chi connectivity index (χ3n) is 9.70. The highest BCUT2D eigenvalue weighted by atomic mass is 16.2. The van der Waals surface area contributed by atoms with Gasteiger partial charge in [-0.2, -0.15) is 0 Å². The lowest BCUT2D eigenvalue weighted by Crippen LogP contribution is -2.61. The van der Waals surface area contributed by atoms with Crippen LogP contribution in [0.2, 0.25) is 0 Å². The average Bonchev–Trinajstić information content (AvgIpc) is 3.15. The second-order valence-corrected chi connectivity index (χ2v) is 15.4. The van der Waals surface area contributed by atoms with Gasteiger partial charge in [-0.3, -0.25) is 33.6 Å². The van der Waals surface area contributed by atoms with E-state index in [-0.39, 0.29) is 31.1 Å². The van der Waals surface area contributed by atoms with Gasteiger partial charge in [-0.25, -0.2) is 0 Å². The van der Waals surface area contributed by atoms with E-state index in [0.717, 1.165) is 11.1 Å². The smallest absolute Gasteiger partial charge is 0.245 e. The molecule has 0 radical (unpaired) electrons. The van der Waals surface area contributed by atoms with Crippen LogP contribution in [0.5, 0.6) is 0 Å². The fourth-order valence-electron chi connectivity index (χ4n) is 6.61. The summed E-state index contributed by atoms with van der Waals surface area (Å²) in [6.07, 6.45) is 2.02.